The maximum Gasteiger partial charge on any atom is 0.338 e. The van der Waals surface area contributed by atoms with Gasteiger partial charge < -0.3 is 9.47 Å². The molecule has 5 nitrogen and oxygen atoms in total. The Kier molecular flexibility index (Phi) is 4.59. The molecule has 1 aromatic rings. The smallest absolute Gasteiger partial charge is 0.338 e. The number of methoxy groups -OCH3 is 1. The summed E-state index contributed by atoms with van der Waals surface area (Å²) in [5.74, 6) is -0.541. The van der Waals surface area contributed by atoms with Gasteiger partial charge in [0.25, 0.3) is 9.05 Å². The van der Waals surface area contributed by atoms with Crippen molar-refractivity contribution >= 4 is 25.7 Å². The van der Waals surface area contributed by atoms with Crippen molar-refractivity contribution in [2.24, 2.45) is 0 Å². The van der Waals surface area contributed by atoms with Gasteiger partial charge in [0.15, 0.2) is 0 Å². The largest absolute Gasteiger partial charge is 0.495 e. The highest BCUT2D eigenvalue weighted by atomic mass is 35.7. The molecule has 18 heavy (non-hydrogen) atoms. The number of ether oxygens (including phenoxy) is 2. The van der Waals surface area contributed by atoms with Crippen molar-refractivity contribution in [1.29, 1.82) is 0 Å². The number of carbonyl (C=O) groups excluding carboxylic acids is 1. The number of benzene rings is 1. The average molecular weight is 293 g/mol. The van der Waals surface area contributed by atoms with Crippen molar-refractivity contribution in [1.82, 2.24) is 0 Å². The van der Waals surface area contributed by atoms with Crippen LogP contribution < -0.4 is 4.74 Å². The molecule has 7 heteroatoms. The number of carbonyl (C=O) groups is 1. The summed E-state index contributed by atoms with van der Waals surface area (Å²) < 4.78 is 32.5. The lowest BCUT2D eigenvalue weighted by Crippen LogP contribution is -2.12. The van der Waals surface area contributed by atoms with Gasteiger partial charge in [-0.2, -0.15) is 0 Å². The first-order valence-electron chi connectivity index (χ1n) is 5.09. The van der Waals surface area contributed by atoms with Gasteiger partial charge in [-0.25, -0.2) is 13.2 Å². The zero-order valence-electron chi connectivity index (χ0n) is 10.1. The molecule has 0 aliphatic rings. The fourth-order valence-electron chi connectivity index (χ4n) is 1.28. The van der Waals surface area contributed by atoms with Gasteiger partial charge in [0.05, 0.1) is 18.8 Å². The van der Waals surface area contributed by atoms with Crippen molar-refractivity contribution in [3.63, 3.8) is 0 Å². The zero-order chi connectivity index (χ0) is 13.9. The van der Waals surface area contributed by atoms with Gasteiger partial charge in [0, 0.05) is 10.7 Å². The maximum absolute atomic E-state index is 11.6. The van der Waals surface area contributed by atoms with Crippen LogP contribution in [0.5, 0.6) is 5.75 Å². The molecule has 0 atom stereocenters. The van der Waals surface area contributed by atoms with Crippen LogP contribution in [-0.4, -0.2) is 27.6 Å². The normalized spacial score (nSPS) is 11.4. The van der Waals surface area contributed by atoms with Gasteiger partial charge in [-0.1, -0.05) is 0 Å². The molecule has 0 saturated heterocycles. The van der Waals surface area contributed by atoms with E-state index >= 15 is 0 Å². The molecule has 0 saturated carbocycles. The molecule has 100 valence electrons. The van der Waals surface area contributed by atoms with E-state index in [1.54, 1.807) is 13.8 Å². The SMILES string of the molecule is COc1ccc(C(=O)OC(C)C)cc1S(=O)(=O)Cl. The fraction of sp³-hybridized carbons (Fsp3) is 0.364. The van der Waals surface area contributed by atoms with Crippen molar-refractivity contribution < 1.29 is 22.7 Å². The molecule has 0 aliphatic carbocycles. The third-order valence-corrected chi connectivity index (χ3v) is 3.35. The molecule has 0 N–H and O–H groups in total. The summed E-state index contributed by atoms with van der Waals surface area (Å²) in [6.45, 7) is 3.39. The molecular formula is C11H13ClO5S. The molecule has 0 amide bonds. The van der Waals surface area contributed by atoms with E-state index in [9.17, 15) is 13.2 Å². The summed E-state index contributed by atoms with van der Waals surface area (Å²) in [5, 5.41) is 0. The van der Waals surface area contributed by atoms with Crippen LogP contribution >= 0.6 is 10.7 Å². The Morgan fingerprint density at radius 3 is 2.39 bits per heavy atom. The minimum absolute atomic E-state index is 0.0751. The predicted molar refractivity (Wildman–Crippen MR) is 66.6 cm³/mol. The van der Waals surface area contributed by atoms with Crippen LogP contribution in [0.2, 0.25) is 0 Å². The van der Waals surface area contributed by atoms with Crippen LogP contribution in [0.25, 0.3) is 0 Å². The van der Waals surface area contributed by atoms with Crippen LogP contribution in [0.3, 0.4) is 0 Å². The molecule has 0 heterocycles. The van der Waals surface area contributed by atoms with Crippen molar-refractivity contribution in [3.05, 3.63) is 23.8 Å². The van der Waals surface area contributed by atoms with Crippen LogP contribution in [-0.2, 0) is 13.8 Å². The Balaban J connectivity index is 3.23. The topological polar surface area (TPSA) is 69.7 Å². The van der Waals surface area contributed by atoms with E-state index in [0.29, 0.717) is 0 Å². The Bertz CT molecular complexity index is 551. The molecule has 0 aliphatic heterocycles. The first-order valence-corrected chi connectivity index (χ1v) is 7.40. The van der Waals surface area contributed by atoms with Crippen LogP contribution in [0.15, 0.2) is 23.1 Å². The number of rotatable bonds is 4. The molecule has 0 fully saturated rings. The lowest BCUT2D eigenvalue weighted by atomic mass is 10.2. The van der Waals surface area contributed by atoms with Gasteiger partial charge in [-0.3, -0.25) is 0 Å². The standard InChI is InChI=1S/C11H13ClO5S/c1-7(2)17-11(13)8-4-5-9(16-3)10(6-8)18(12,14)15/h4-7H,1-3H3. The van der Waals surface area contributed by atoms with Crippen molar-refractivity contribution in [3.8, 4) is 5.75 Å². The van der Waals surface area contributed by atoms with Crippen molar-refractivity contribution in [2.75, 3.05) is 7.11 Å². The summed E-state index contributed by atoms with van der Waals surface area (Å²) in [7, 11) is 2.59. The van der Waals surface area contributed by atoms with Gasteiger partial charge >= 0.3 is 5.97 Å². The summed E-state index contributed by atoms with van der Waals surface area (Å²) in [4.78, 5) is 11.4. The molecule has 0 radical (unpaired) electrons. The first kappa shape index (κ1) is 14.8. The fourth-order valence-corrected chi connectivity index (χ4v) is 2.30. The summed E-state index contributed by atoms with van der Waals surface area (Å²) in [6.07, 6.45) is -0.296. The summed E-state index contributed by atoms with van der Waals surface area (Å²) in [5.41, 5.74) is 0.101. The Morgan fingerprint density at radius 2 is 1.94 bits per heavy atom. The second kappa shape index (κ2) is 5.58. The number of hydrogen-bond donors (Lipinski definition) is 0. The summed E-state index contributed by atoms with van der Waals surface area (Å²) >= 11 is 0. The molecule has 1 aromatic carbocycles. The number of hydrogen-bond acceptors (Lipinski definition) is 5. The van der Waals surface area contributed by atoms with E-state index in [2.05, 4.69) is 0 Å². The van der Waals surface area contributed by atoms with E-state index in [0.717, 1.165) is 6.07 Å². The van der Waals surface area contributed by atoms with Crippen LogP contribution in [0, 0.1) is 0 Å². The van der Waals surface area contributed by atoms with Crippen LogP contribution in [0.4, 0.5) is 0 Å². The molecule has 0 unspecified atom stereocenters. The molecule has 0 spiro atoms. The van der Waals surface area contributed by atoms with Gasteiger partial charge in [0.1, 0.15) is 10.6 Å². The summed E-state index contributed by atoms with van der Waals surface area (Å²) in [6, 6.07) is 3.90. The Hall–Kier alpha value is -1.27. The third kappa shape index (κ3) is 3.61. The van der Waals surface area contributed by atoms with Gasteiger partial charge in [-0.15, -0.1) is 0 Å². The Morgan fingerprint density at radius 1 is 1.33 bits per heavy atom. The second-order valence-corrected chi connectivity index (χ2v) is 6.29. The van der Waals surface area contributed by atoms with E-state index in [-0.39, 0.29) is 22.3 Å². The molecule has 0 bridgehead atoms. The second-order valence-electron chi connectivity index (χ2n) is 3.76. The van der Waals surface area contributed by atoms with Crippen LogP contribution in [0.1, 0.15) is 24.2 Å². The highest BCUT2D eigenvalue weighted by Crippen LogP contribution is 2.28. The highest BCUT2D eigenvalue weighted by molar-refractivity contribution is 8.13. The lowest BCUT2D eigenvalue weighted by molar-refractivity contribution is 0.0377. The molecule has 1 rings (SSSR count). The molecule has 0 aromatic heterocycles. The number of esters is 1. The number of halogens is 1. The van der Waals surface area contributed by atoms with Gasteiger partial charge in [-0.05, 0) is 32.0 Å². The highest BCUT2D eigenvalue weighted by Gasteiger charge is 2.20. The van der Waals surface area contributed by atoms with Gasteiger partial charge in [0.2, 0.25) is 0 Å². The van der Waals surface area contributed by atoms with E-state index in [1.165, 1.54) is 19.2 Å². The minimum Gasteiger partial charge on any atom is -0.495 e. The predicted octanol–water partition coefficient (Wildman–Crippen LogP) is 2.19. The first-order chi connectivity index (χ1) is 8.25. The van der Waals surface area contributed by atoms with Crippen molar-refractivity contribution in [2.45, 2.75) is 24.8 Å². The monoisotopic (exact) mass is 292 g/mol. The van der Waals surface area contributed by atoms with E-state index in [4.69, 9.17) is 20.2 Å². The maximum atomic E-state index is 11.6. The minimum atomic E-state index is -3.99. The third-order valence-electron chi connectivity index (χ3n) is 2.00. The molecular weight excluding hydrogens is 280 g/mol. The quantitative estimate of drug-likeness (QED) is 0.628. The average Bonchev–Trinajstić information content (AvgIpc) is 2.26. The Labute approximate surface area is 110 Å². The lowest BCUT2D eigenvalue weighted by Gasteiger charge is -2.10. The van der Waals surface area contributed by atoms with E-state index < -0.39 is 15.0 Å². The van der Waals surface area contributed by atoms with E-state index in [1.807, 2.05) is 0 Å². The zero-order valence-corrected chi connectivity index (χ0v) is 11.7.